The minimum absolute atomic E-state index is 0.0137. The molecule has 0 spiro atoms. The van der Waals surface area contributed by atoms with Crippen LogP contribution in [0, 0.1) is 0 Å². The Kier molecular flexibility index (Phi) is 5.98. The van der Waals surface area contributed by atoms with E-state index in [1.165, 1.54) is 36.4 Å². The van der Waals surface area contributed by atoms with Gasteiger partial charge >= 0.3 is 0 Å². The second-order valence-electron chi connectivity index (χ2n) is 6.12. The molecular formula is C19H12Cl4O5S. The fourth-order valence-corrected chi connectivity index (χ4v) is 5.18. The van der Waals surface area contributed by atoms with Crippen LogP contribution in [0.1, 0.15) is 16.7 Å². The Hall–Kier alpha value is -1.67. The number of phenolic OH excluding ortho intramolecular Hbond substituents is 2. The number of hydrogen-bond donors (Lipinski definition) is 3. The van der Waals surface area contributed by atoms with Crippen molar-refractivity contribution in [2.45, 2.75) is 4.75 Å². The first-order valence-electron chi connectivity index (χ1n) is 7.89. The van der Waals surface area contributed by atoms with E-state index in [1.54, 1.807) is 0 Å². The van der Waals surface area contributed by atoms with E-state index < -0.39 is 20.6 Å². The number of rotatable bonds is 4. The first kappa shape index (κ1) is 22.0. The summed E-state index contributed by atoms with van der Waals surface area (Å²) in [6, 6.07) is 11.2. The third-order valence-electron chi connectivity index (χ3n) is 4.39. The highest BCUT2D eigenvalue weighted by molar-refractivity contribution is 7.87. The summed E-state index contributed by atoms with van der Waals surface area (Å²) in [4.78, 5) is 0. The molecule has 0 bridgehead atoms. The van der Waals surface area contributed by atoms with Crippen LogP contribution < -0.4 is 0 Å². The van der Waals surface area contributed by atoms with Gasteiger partial charge in [-0.1, -0.05) is 58.5 Å². The fraction of sp³-hybridized carbons (Fsp3) is 0.0526. The van der Waals surface area contributed by atoms with Gasteiger partial charge < -0.3 is 10.2 Å². The van der Waals surface area contributed by atoms with Gasteiger partial charge in [-0.05, 0) is 53.6 Å². The summed E-state index contributed by atoms with van der Waals surface area (Å²) in [5, 5.41) is 20.6. The van der Waals surface area contributed by atoms with E-state index in [1.807, 2.05) is 0 Å². The Bertz CT molecular complexity index is 1170. The van der Waals surface area contributed by atoms with E-state index >= 15 is 0 Å². The molecule has 3 N–H and O–H groups in total. The highest BCUT2D eigenvalue weighted by Gasteiger charge is 2.50. The van der Waals surface area contributed by atoms with Gasteiger partial charge in [0.05, 0.1) is 15.1 Å². The lowest BCUT2D eigenvalue weighted by Gasteiger charge is -2.33. The highest BCUT2D eigenvalue weighted by Crippen LogP contribution is 2.49. The molecule has 3 rings (SSSR count). The van der Waals surface area contributed by atoms with E-state index in [4.69, 9.17) is 46.4 Å². The Labute approximate surface area is 186 Å². The maximum atomic E-state index is 12.9. The molecule has 3 aromatic carbocycles. The van der Waals surface area contributed by atoms with Gasteiger partial charge in [0.2, 0.25) is 0 Å². The Morgan fingerprint density at radius 3 is 1.83 bits per heavy atom. The Morgan fingerprint density at radius 1 is 0.759 bits per heavy atom. The summed E-state index contributed by atoms with van der Waals surface area (Å²) in [5.74, 6) is -0.844. The van der Waals surface area contributed by atoms with Crippen molar-refractivity contribution in [1.29, 1.82) is 0 Å². The third-order valence-corrected chi connectivity index (χ3v) is 7.30. The van der Waals surface area contributed by atoms with Crippen molar-refractivity contribution in [1.82, 2.24) is 0 Å². The zero-order valence-corrected chi connectivity index (χ0v) is 18.1. The molecule has 0 radical (unpaired) electrons. The van der Waals surface area contributed by atoms with E-state index in [0.717, 1.165) is 18.2 Å². The van der Waals surface area contributed by atoms with Gasteiger partial charge in [0.25, 0.3) is 10.1 Å². The zero-order chi connectivity index (χ0) is 21.6. The standard InChI is InChI=1S/C19H12Cl4O5S/c20-12-3-1-10(2-4-12)19(29(26,27)28,14-9-13(24)5-6-17(14)25)11-7-15(21)18(23)16(22)8-11/h1-9,24-25H,(H,26,27,28). The summed E-state index contributed by atoms with van der Waals surface area (Å²) in [7, 11) is -5.06. The molecular weight excluding hydrogens is 482 g/mol. The van der Waals surface area contributed by atoms with Crippen molar-refractivity contribution in [2.75, 3.05) is 0 Å². The molecule has 0 saturated carbocycles. The lowest BCUT2D eigenvalue weighted by Crippen LogP contribution is -2.38. The summed E-state index contributed by atoms with van der Waals surface area (Å²) in [6.07, 6.45) is 0. The van der Waals surface area contributed by atoms with Gasteiger partial charge in [0.1, 0.15) is 11.5 Å². The van der Waals surface area contributed by atoms with Crippen LogP contribution in [0.25, 0.3) is 0 Å². The maximum Gasteiger partial charge on any atom is 0.283 e. The van der Waals surface area contributed by atoms with Crippen LogP contribution in [0.4, 0.5) is 0 Å². The fourth-order valence-electron chi connectivity index (χ4n) is 3.16. The molecule has 0 aliphatic heterocycles. The van der Waals surface area contributed by atoms with Crippen molar-refractivity contribution >= 4 is 56.5 Å². The quantitative estimate of drug-likeness (QED) is 0.182. The summed E-state index contributed by atoms with van der Waals surface area (Å²) < 4.78 is 33.9. The predicted molar refractivity (Wildman–Crippen MR) is 114 cm³/mol. The van der Waals surface area contributed by atoms with Gasteiger partial charge in [0.15, 0.2) is 4.75 Å². The largest absolute Gasteiger partial charge is 0.508 e. The van der Waals surface area contributed by atoms with Gasteiger partial charge in [0, 0.05) is 10.6 Å². The van der Waals surface area contributed by atoms with Crippen LogP contribution in [0.3, 0.4) is 0 Å². The van der Waals surface area contributed by atoms with Crippen LogP contribution in [0.2, 0.25) is 20.1 Å². The van der Waals surface area contributed by atoms with Crippen molar-refractivity contribution < 1.29 is 23.2 Å². The molecule has 0 fully saturated rings. The predicted octanol–water partition coefficient (Wildman–Crippen LogP) is 5.89. The molecule has 0 aromatic heterocycles. The maximum absolute atomic E-state index is 12.9. The number of hydrogen-bond acceptors (Lipinski definition) is 4. The van der Waals surface area contributed by atoms with Crippen molar-refractivity contribution in [3.63, 3.8) is 0 Å². The Morgan fingerprint density at radius 2 is 1.31 bits per heavy atom. The van der Waals surface area contributed by atoms with E-state index in [2.05, 4.69) is 0 Å². The van der Waals surface area contributed by atoms with E-state index in [0.29, 0.717) is 5.02 Å². The second kappa shape index (κ2) is 7.87. The number of benzene rings is 3. The monoisotopic (exact) mass is 492 g/mol. The van der Waals surface area contributed by atoms with Crippen molar-refractivity contribution in [2.24, 2.45) is 0 Å². The smallest absolute Gasteiger partial charge is 0.283 e. The van der Waals surface area contributed by atoms with Gasteiger partial charge in [-0.3, -0.25) is 4.55 Å². The lowest BCUT2D eigenvalue weighted by atomic mass is 9.83. The SMILES string of the molecule is O=S(=O)(O)C(c1ccc(Cl)cc1)(c1cc(Cl)c(Cl)c(Cl)c1)c1cc(O)ccc1O. The molecule has 0 aliphatic carbocycles. The molecule has 5 nitrogen and oxygen atoms in total. The van der Waals surface area contributed by atoms with Crippen molar-refractivity contribution in [3.05, 3.63) is 91.4 Å². The molecule has 152 valence electrons. The molecule has 0 aliphatic rings. The van der Waals surface area contributed by atoms with Crippen LogP contribution in [0.15, 0.2) is 54.6 Å². The molecule has 0 amide bonds. The molecule has 1 atom stereocenters. The first-order chi connectivity index (χ1) is 13.5. The van der Waals surface area contributed by atoms with Gasteiger partial charge in [-0.15, -0.1) is 0 Å². The van der Waals surface area contributed by atoms with E-state index in [9.17, 15) is 23.2 Å². The Balaban J connectivity index is 2.58. The molecule has 0 heterocycles. The van der Waals surface area contributed by atoms with Crippen molar-refractivity contribution in [3.8, 4) is 11.5 Å². The molecule has 29 heavy (non-hydrogen) atoms. The zero-order valence-electron chi connectivity index (χ0n) is 14.3. The summed E-state index contributed by atoms with van der Waals surface area (Å²) >= 11 is 24.2. The highest BCUT2D eigenvalue weighted by atomic mass is 35.5. The molecule has 1 unspecified atom stereocenters. The average molecular weight is 494 g/mol. The minimum Gasteiger partial charge on any atom is -0.508 e. The first-order valence-corrected chi connectivity index (χ1v) is 10.8. The van der Waals surface area contributed by atoms with E-state index in [-0.39, 0.29) is 37.5 Å². The summed E-state index contributed by atoms with van der Waals surface area (Å²) in [6.45, 7) is 0. The van der Waals surface area contributed by atoms with Crippen LogP contribution in [-0.4, -0.2) is 23.2 Å². The third kappa shape index (κ3) is 3.77. The summed E-state index contributed by atoms with van der Waals surface area (Å²) in [5.41, 5.74) is -0.417. The van der Waals surface area contributed by atoms with Gasteiger partial charge in [-0.2, -0.15) is 8.42 Å². The van der Waals surface area contributed by atoms with Crippen LogP contribution in [-0.2, 0) is 14.9 Å². The molecule has 0 saturated heterocycles. The average Bonchev–Trinajstić information content (AvgIpc) is 2.63. The van der Waals surface area contributed by atoms with Crippen LogP contribution >= 0.6 is 46.4 Å². The second-order valence-corrected chi connectivity index (χ2v) is 9.31. The number of aromatic hydroxyl groups is 2. The lowest BCUT2D eigenvalue weighted by molar-refractivity contribution is 0.434. The van der Waals surface area contributed by atoms with Crippen LogP contribution in [0.5, 0.6) is 11.5 Å². The van der Waals surface area contributed by atoms with Gasteiger partial charge in [-0.25, -0.2) is 0 Å². The molecule has 3 aromatic rings. The topological polar surface area (TPSA) is 94.8 Å². The minimum atomic E-state index is -5.06. The number of phenols is 2. The normalized spacial score (nSPS) is 13.8. The number of halogens is 4. The molecule has 10 heteroatoms.